The average Bonchev–Trinajstić information content (AvgIpc) is 2.26. The van der Waals surface area contributed by atoms with E-state index in [0.717, 1.165) is 0 Å². The van der Waals surface area contributed by atoms with Crippen LogP contribution in [0, 0.1) is 0 Å². The molecule has 0 bridgehead atoms. The molecule has 5 nitrogen and oxygen atoms in total. The van der Waals surface area contributed by atoms with Gasteiger partial charge in [-0.1, -0.05) is 12.1 Å². The lowest BCUT2D eigenvalue weighted by molar-refractivity contribution is -0.134. The molecule has 17 heavy (non-hydrogen) atoms. The van der Waals surface area contributed by atoms with Crippen molar-refractivity contribution >= 4 is 33.2 Å². The van der Waals surface area contributed by atoms with E-state index in [1.807, 2.05) is 0 Å². The van der Waals surface area contributed by atoms with Crippen LogP contribution in [-0.4, -0.2) is 36.9 Å². The Balaban J connectivity index is 3.03. The molecule has 0 fully saturated rings. The van der Waals surface area contributed by atoms with Gasteiger partial charge in [0, 0.05) is 5.56 Å². The van der Waals surface area contributed by atoms with Crippen LogP contribution in [0.4, 0.5) is 0 Å². The number of carboxylic acids is 1. The first-order valence-electron chi connectivity index (χ1n) is 4.50. The quantitative estimate of drug-likeness (QED) is 0.639. The van der Waals surface area contributed by atoms with E-state index in [1.54, 1.807) is 0 Å². The number of rotatable bonds is 5. The predicted octanol–water partition coefficient (Wildman–Crippen LogP) is 0.966. The van der Waals surface area contributed by atoms with Gasteiger partial charge in [0.1, 0.15) is 0 Å². The van der Waals surface area contributed by atoms with Crippen molar-refractivity contribution in [2.75, 3.05) is 11.6 Å². The number of ketones is 1. The lowest BCUT2D eigenvalue weighted by atomic mass is 10.1. The van der Waals surface area contributed by atoms with Gasteiger partial charge >= 0.3 is 5.97 Å². The monoisotopic (exact) mass is 276 g/mol. The molecule has 0 heterocycles. The highest BCUT2D eigenvalue weighted by atomic mass is 35.5. The van der Waals surface area contributed by atoms with Crippen LogP contribution in [0.15, 0.2) is 29.2 Å². The number of carbonyl (C=O) groups excluding carboxylic acids is 1. The standard InChI is InChI=1S/C10H9ClO5S/c11-5-9(12)7-1-3-8(4-2-7)17(15,16)6-10(13)14/h1-4H,5-6H2,(H,13,14). The third kappa shape index (κ3) is 3.54. The molecule has 7 heteroatoms. The first kappa shape index (κ1) is 13.7. The predicted molar refractivity (Wildman–Crippen MR) is 61.2 cm³/mol. The molecule has 0 aliphatic heterocycles. The zero-order valence-corrected chi connectivity index (χ0v) is 10.2. The summed E-state index contributed by atoms with van der Waals surface area (Å²) in [6, 6.07) is 5.00. The topological polar surface area (TPSA) is 88.5 Å². The van der Waals surface area contributed by atoms with Crippen molar-refractivity contribution in [1.29, 1.82) is 0 Å². The van der Waals surface area contributed by atoms with Crippen LogP contribution in [0.3, 0.4) is 0 Å². The van der Waals surface area contributed by atoms with Crippen molar-refractivity contribution in [2.45, 2.75) is 4.90 Å². The maximum absolute atomic E-state index is 11.5. The molecule has 0 unspecified atom stereocenters. The van der Waals surface area contributed by atoms with Crippen molar-refractivity contribution in [3.8, 4) is 0 Å². The number of benzene rings is 1. The van der Waals surface area contributed by atoms with Gasteiger partial charge in [-0.05, 0) is 12.1 Å². The molecule has 1 N–H and O–H groups in total. The molecule has 0 aromatic heterocycles. The molecule has 0 atom stereocenters. The molecule has 0 saturated heterocycles. The summed E-state index contributed by atoms with van der Waals surface area (Å²) in [6.45, 7) is 0. The number of halogens is 1. The zero-order valence-electron chi connectivity index (χ0n) is 8.59. The summed E-state index contributed by atoms with van der Waals surface area (Å²) in [7, 11) is -3.85. The Labute approximate surface area is 103 Å². The van der Waals surface area contributed by atoms with Crippen LogP contribution in [0.5, 0.6) is 0 Å². The summed E-state index contributed by atoms with van der Waals surface area (Å²) in [5, 5.41) is 8.44. The molecule has 1 rings (SSSR count). The first-order valence-corrected chi connectivity index (χ1v) is 6.69. The van der Waals surface area contributed by atoms with Crippen molar-refractivity contribution in [3.05, 3.63) is 29.8 Å². The van der Waals surface area contributed by atoms with E-state index >= 15 is 0 Å². The zero-order chi connectivity index (χ0) is 13.1. The summed E-state index contributed by atoms with van der Waals surface area (Å²) in [5.74, 6) is -2.92. The van der Waals surface area contributed by atoms with Crippen LogP contribution in [0.1, 0.15) is 10.4 Å². The van der Waals surface area contributed by atoms with Gasteiger partial charge in [-0.25, -0.2) is 8.42 Å². The van der Waals surface area contributed by atoms with Crippen LogP contribution < -0.4 is 0 Å². The summed E-state index contributed by atoms with van der Waals surface area (Å²) in [4.78, 5) is 21.4. The van der Waals surface area contributed by atoms with Gasteiger partial charge in [-0.15, -0.1) is 11.6 Å². The molecule has 0 aliphatic carbocycles. The van der Waals surface area contributed by atoms with E-state index in [-0.39, 0.29) is 22.1 Å². The number of hydrogen-bond donors (Lipinski definition) is 1. The molecule has 0 saturated carbocycles. The smallest absolute Gasteiger partial charge is 0.319 e. The van der Waals surface area contributed by atoms with Gasteiger partial charge in [0.25, 0.3) is 0 Å². The Morgan fingerprint density at radius 1 is 1.18 bits per heavy atom. The van der Waals surface area contributed by atoms with Crippen molar-refractivity contribution in [2.24, 2.45) is 0 Å². The van der Waals surface area contributed by atoms with E-state index in [1.165, 1.54) is 24.3 Å². The normalized spacial score (nSPS) is 11.1. The van der Waals surface area contributed by atoms with E-state index in [2.05, 4.69) is 0 Å². The molecule has 0 radical (unpaired) electrons. The average molecular weight is 277 g/mol. The number of aliphatic carboxylic acids is 1. The van der Waals surface area contributed by atoms with E-state index < -0.39 is 21.6 Å². The van der Waals surface area contributed by atoms with Gasteiger partial charge in [0.2, 0.25) is 0 Å². The summed E-state index contributed by atoms with van der Waals surface area (Å²) in [6.07, 6.45) is 0. The lowest BCUT2D eigenvalue weighted by Crippen LogP contribution is -2.15. The van der Waals surface area contributed by atoms with Crippen LogP contribution in [-0.2, 0) is 14.6 Å². The Hall–Kier alpha value is -1.40. The number of carboxylic acid groups (broad SMARTS) is 1. The van der Waals surface area contributed by atoms with Gasteiger partial charge in [0.05, 0.1) is 10.8 Å². The second-order valence-corrected chi connectivity index (χ2v) is 5.49. The summed E-state index contributed by atoms with van der Waals surface area (Å²) >= 11 is 5.34. The Morgan fingerprint density at radius 2 is 1.71 bits per heavy atom. The highest BCUT2D eigenvalue weighted by Crippen LogP contribution is 2.13. The molecule has 1 aromatic carbocycles. The van der Waals surface area contributed by atoms with Gasteiger partial charge in [0.15, 0.2) is 21.4 Å². The van der Waals surface area contributed by atoms with Crippen molar-refractivity contribution < 1.29 is 23.1 Å². The second kappa shape index (κ2) is 5.29. The second-order valence-electron chi connectivity index (χ2n) is 3.23. The molecule has 0 spiro atoms. The van der Waals surface area contributed by atoms with Crippen molar-refractivity contribution in [3.63, 3.8) is 0 Å². The van der Waals surface area contributed by atoms with Crippen LogP contribution >= 0.6 is 11.6 Å². The maximum Gasteiger partial charge on any atom is 0.319 e. The number of carbonyl (C=O) groups is 2. The Kier molecular flexibility index (Phi) is 4.25. The van der Waals surface area contributed by atoms with Crippen LogP contribution in [0.25, 0.3) is 0 Å². The SMILES string of the molecule is O=C(O)CS(=O)(=O)c1ccc(C(=O)CCl)cc1. The molecule has 0 aliphatic rings. The number of hydrogen-bond acceptors (Lipinski definition) is 4. The fraction of sp³-hybridized carbons (Fsp3) is 0.200. The number of Topliss-reactive ketones (excluding diaryl/α,β-unsaturated/α-hetero) is 1. The van der Waals surface area contributed by atoms with Gasteiger partial charge < -0.3 is 5.11 Å². The molecular formula is C10H9ClO5S. The summed E-state index contributed by atoms with van der Waals surface area (Å²) in [5.41, 5.74) is 0.286. The number of sulfone groups is 1. The highest BCUT2D eigenvalue weighted by molar-refractivity contribution is 7.92. The van der Waals surface area contributed by atoms with Crippen molar-refractivity contribution in [1.82, 2.24) is 0 Å². The van der Waals surface area contributed by atoms with E-state index in [9.17, 15) is 18.0 Å². The maximum atomic E-state index is 11.5. The molecular weight excluding hydrogens is 268 g/mol. The van der Waals surface area contributed by atoms with Gasteiger partial charge in [-0.3, -0.25) is 9.59 Å². The fourth-order valence-corrected chi connectivity index (χ4v) is 2.37. The first-order chi connectivity index (χ1) is 7.86. The summed E-state index contributed by atoms with van der Waals surface area (Å²) < 4.78 is 23.0. The lowest BCUT2D eigenvalue weighted by Gasteiger charge is -2.02. The third-order valence-corrected chi connectivity index (χ3v) is 3.83. The highest BCUT2D eigenvalue weighted by Gasteiger charge is 2.18. The third-order valence-electron chi connectivity index (χ3n) is 1.97. The minimum Gasteiger partial charge on any atom is -0.480 e. The molecule has 1 aromatic rings. The number of alkyl halides is 1. The Bertz CT molecular complexity index is 532. The Morgan fingerprint density at radius 3 is 2.12 bits per heavy atom. The van der Waals surface area contributed by atoms with E-state index in [4.69, 9.17) is 16.7 Å². The minimum absolute atomic E-state index is 0.133. The minimum atomic E-state index is -3.85. The van der Waals surface area contributed by atoms with Gasteiger partial charge in [-0.2, -0.15) is 0 Å². The van der Waals surface area contributed by atoms with Crippen LogP contribution in [0.2, 0.25) is 0 Å². The molecule has 92 valence electrons. The molecule has 0 amide bonds. The fourth-order valence-electron chi connectivity index (χ4n) is 1.17. The van der Waals surface area contributed by atoms with E-state index in [0.29, 0.717) is 0 Å². The largest absolute Gasteiger partial charge is 0.480 e.